The van der Waals surface area contributed by atoms with E-state index in [2.05, 4.69) is 0 Å². The van der Waals surface area contributed by atoms with E-state index in [1.165, 1.54) is 0 Å². The summed E-state index contributed by atoms with van der Waals surface area (Å²) in [6.45, 7) is 6.19. The first-order chi connectivity index (χ1) is 10.1. The van der Waals surface area contributed by atoms with Crippen LogP contribution in [0, 0.1) is 0 Å². The molecule has 0 saturated carbocycles. The molecule has 1 amide bonds. The first kappa shape index (κ1) is 17.5. The second-order valence-corrected chi connectivity index (χ2v) is 5.12. The highest BCUT2D eigenvalue weighted by molar-refractivity contribution is 5.94. The molecular formula is C16H26N2O3. The van der Waals surface area contributed by atoms with E-state index in [9.17, 15) is 4.79 Å². The van der Waals surface area contributed by atoms with Gasteiger partial charge in [-0.15, -0.1) is 0 Å². The highest BCUT2D eigenvalue weighted by atomic mass is 16.5. The third-order valence-corrected chi connectivity index (χ3v) is 2.94. The van der Waals surface area contributed by atoms with E-state index in [1.54, 1.807) is 24.1 Å². The van der Waals surface area contributed by atoms with Crippen molar-refractivity contribution in [3.05, 3.63) is 29.8 Å². The summed E-state index contributed by atoms with van der Waals surface area (Å²) in [4.78, 5) is 14.3. The molecule has 1 aromatic rings. The van der Waals surface area contributed by atoms with E-state index in [4.69, 9.17) is 15.2 Å². The Hall–Kier alpha value is -1.59. The minimum Gasteiger partial charge on any atom is -0.491 e. The largest absolute Gasteiger partial charge is 0.491 e. The molecule has 0 radical (unpaired) electrons. The number of amides is 1. The number of hydrogen-bond acceptors (Lipinski definition) is 4. The second-order valence-electron chi connectivity index (χ2n) is 5.12. The quantitative estimate of drug-likeness (QED) is 0.755. The third-order valence-electron chi connectivity index (χ3n) is 2.94. The van der Waals surface area contributed by atoms with Crippen LogP contribution in [0.4, 0.5) is 0 Å². The Kier molecular flexibility index (Phi) is 7.79. The fraction of sp³-hybridized carbons (Fsp3) is 0.562. The van der Waals surface area contributed by atoms with Crippen LogP contribution in [0.25, 0.3) is 0 Å². The molecule has 0 fully saturated rings. The molecule has 0 unspecified atom stereocenters. The molecule has 5 heteroatoms. The zero-order valence-corrected chi connectivity index (χ0v) is 13.2. The molecule has 0 spiro atoms. The third kappa shape index (κ3) is 6.14. The van der Waals surface area contributed by atoms with Crippen LogP contribution in [0.2, 0.25) is 0 Å². The summed E-state index contributed by atoms with van der Waals surface area (Å²) in [5.74, 6) is 0.691. The number of carbonyl (C=O) groups excluding carboxylic acids is 1. The molecular weight excluding hydrogens is 268 g/mol. The number of hydrogen-bond donors (Lipinski definition) is 1. The van der Waals surface area contributed by atoms with Gasteiger partial charge in [0.2, 0.25) is 0 Å². The van der Waals surface area contributed by atoms with Gasteiger partial charge in [0, 0.05) is 25.8 Å². The summed E-state index contributed by atoms with van der Waals surface area (Å²) in [7, 11) is 1.63. The molecule has 1 aromatic carbocycles. The lowest BCUT2D eigenvalue weighted by Gasteiger charge is -2.22. The van der Waals surface area contributed by atoms with Crippen LogP contribution in [-0.4, -0.2) is 50.3 Å². The summed E-state index contributed by atoms with van der Waals surface area (Å²) in [6.07, 6.45) is 0.856. The Bertz CT molecular complexity index is 427. The van der Waals surface area contributed by atoms with Crippen LogP contribution >= 0.6 is 0 Å². The SMILES string of the molecule is COCCN(CCCN)C(=O)c1cccc(OC(C)C)c1. The van der Waals surface area contributed by atoms with Crippen molar-refractivity contribution in [2.45, 2.75) is 26.4 Å². The van der Waals surface area contributed by atoms with Crippen molar-refractivity contribution >= 4 is 5.91 Å². The Balaban J connectivity index is 2.81. The monoisotopic (exact) mass is 294 g/mol. The topological polar surface area (TPSA) is 64.8 Å². The predicted octanol–water partition coefficient (Wildman–Crippen LogP) is 1.91. The van der Waals surface area contributed by atoms with Gasteiger partial charge in [-0.25, -0.2) is 0 Å². The molecule has 2 N–H and O–H groups in total. The van der Waals surface area contributed by atoms with E-state index >= 15 is 0 Å². The molecule has 0 aliphatic carbocycles. The summed E-state index contributed by atoms with van der Waals surface area (Å²) < 4.78 is 10.7. The van der Waals surface area contributed by atoms with Crippen LogP contribution in [0.3, 0.4) is 0 Å². The van der Waals surface area contributed by atoms with Crippen LogP contribution in [0.15, 0.2) is 24.3 Å². The number of nitrogens with zero attached hydrogens (tertiary/aromatic N) is 1. The Morgan fingerprint density at radius 2 is 2.10 bits per heavy atom. The van der Waals surface area contributed by atoms with E-state index < -0.39 is 0 Å². The lowest BCUT2D eigenvalue weighted by molar-refractivity contribution is 0.0694. The van der Waals surface area contributed by atoms with Gasteiger partial charge in [-0.2, -0.15) is 0 Å². The van der Waals surface area contributed by atoms with Crippen LogP contribution in [0.1, 0.15) is 30.6 Å². The fourth-order valence-electron chi connectivity index (χ4n) is 1.96. The molecule has 5 nitrogen and oxygen atoms in total. The maximum Gasteiger partial charge on any atom is 0.254 e. The van der Waals surface area contributed by atoms with E-state index in [0.717, 1.165) is 6.42 Å². The summed E-state index contributed by atoms with van der Waals surface area (Å²) >= 11 is 0. The van der Waals surface area contributed by atoms with Crippen molar-refractivity contribution in [2.75, 3.05) is 33.4 Å². The van der Waals surface area contributed by atoms with Gasteiger partial charge >= 0.3 is 0 Å². The van der Waals surface area contributed by atoms with Gasteiger partial charge < -0.3 is 20.1 Å². The number of methoxy groups -OCH3 is 1. The molecule has 0 saturated heterocycles. The standard InChI is InChI=1S/C16H26N2O3/c1-13(2)21-15-7-4-6-14(12-15)16(19)18(9-5-8-17)10-11-20-3/h4,6-7,12-13H,5,8-11,17H2,1-3H3. The maximum atomic E-state index is 12.6. The van der Waals surface area contributed by atoms with E-state index in [-0.39, 0.29) is 12.0 Å². The molecule has 118 valence electrons. The van der Waals surface area contributed by atoms with Crippen molar-refractivity contribution < 1.29 is 14.3 Å². The van der Waals surface area contributed by atoms with E-state index in [1.807, 2.05) is 26.0 Å². The second kappa shape index (κ2) is 9.37. The Morgan fingerprint density at radius 1 is 1.33 bits per heavy atom. The smallest absolute Gasteiger partial charge is 0.254 e. The minimum absolute atomic E-state index is 0.0188. The molecule has 0 atom stereocenters. The molecule has 0 aliphatic rings. The van der Waals surface area contributed by atoms with Gasteiger partial charge in [0.1, 0.15) is 5.75 Å². The number of nitrogens with two attached hydrogens (primary N) is 1. The van der Waals surface area contributed by atoms with Crippen LogP contribution < -0.4 is 10.5 Å². The van der Waals surface area contributed by atoms with Crippen molar-refractivity contribution in [1.29, 1.82) is 0 Å². The molecule has 0 aliphatic heterocycles. The number of rotatable bonds is 9. The van der Waals surface area contributed by atoms with Gasteiger partial charge in [0.25, 0.3) is 5.91 Å². The normalized spacial score (nSPS) is 10.7. The first-order valence-electron chi connectivity index (χ1n) is 7.33. The van der Waals surface area contributed by atoms with Gasteiger partial charge in [0.15, 0.2) is 0 Å². The average Bonchev–Trinajstić information content (AvgIpc) is 2.46. The van der Waals surface area contributed by atoms with Gasteiger partial charge in [-0.05, 0) is 45.0 Å². The first-order valence-corrected chi connectivity index (χ1v) is 7.33. The number of benzene rings is 1. The van der Waals surface area contributed by atoms with Crippen molar-refractivity contribution in [3.63, 3.8) is 0 Å². The van der Waals surface area contributed by atoms with Crippen molar-refractivity contribution in [2.24, 2.45) is 5.73 Å². The Morgan fingerprint density at radius 3 is 2.71 bits per heavy atom. The minimum atomic E-state index is -0.0188. The molecule has 1 rings (SSSR count). The molecule has 0 heterocycles. The molecule has 0 bridgehead atoms. The highest BCUT2D eigenvalue weighted by Crippen LogP contribution is 2.16. The van der Waals surface area contributed by atoms with Gasteiger partial charge in [-0.1, -0.05) is 6.07 Å². The molecule has 21 heavy (non-hydrogen) atoms. The van der Waals surface area contributed by atoms with Crippen LogP contribution in [0.5, 0.6) is 5.75 Å². The lowest BCUT2D eigenvalue weighted by Crippen LogP contribution is -2.35. The summed E-state index contributed by atoms with van der Waals surface area (Å²) in [5, 5.41) is 0. The number of carbonyl (C=O) groups is 1. The summed E-state index contributed by atoms with van der Waals surface area (Å²) in [6, 6.07) is 7.28. The van der Waals surface area contributed by atoms with Crippen molar-refractivity contribution in [3.8, 4) is 5.75 Å². The predicted molar refractivity (Wildman–Crippen MR) is 83.7 cm³/mol. The summed E-state index contributed by atoms with van der Waals surface area (Å²) in [5.41, 5.74) is 6.16. The lowest BCUT2D eigenvalue weighted by atomic mass is 10.1. The maximum absolute atomic E-state index is 12.6. The fourth-order valence-corrected chi connectivity index (χ4v) is 1.96. The zero-order valence-electron chi connectivity index (χ0n) is 13.2. The number of ether oxygens (including phenoxy) is 2. The zero-order chi connectivity index (χ0) is 15.7. The highest BCUT2D eigenvalue weighted by Gasteiger charge is 2.15. The average molecular weight is 294 g/mol. The molecule has 0 aromatic heterocycles. The van der Waals surface area contributed by atoms with E-state index in [0.29, 0.717) is 37.6 Å². The Labute approximate surface area is 127 Å². The van der Waals surface area contributed by atoms with Gasteiger partial charge in [-0.3, -0.25) is 4.79 Å². The van der Waals surface area contributed by atoms with Crippen LogP contribution in [-0.2, 0) is 4.74 Å². The van der Waals surface area contributed by atoms with Gasteiger partial charge in [0.05, 0.1) is 12.7 Å². The van der Waals surface area contributed by atoms with Crippen molar-refractivity contribution in [1.82, 2.24) is 4.90 Å².